The van der Waals surface area contributed by atoms with Crippen molar-refractivity contribution in [3.05, 3.63) is 18.2 Å². The van der Waals surface area contributed by atoms with Crippen LogP contribution >= 0.6 is 11.6 Å². The number of alkyl halides is 1. The minimum Gasteiger partial charge on any atom is -0.338 e. The molecule has 1 aromatic rings. The number of hydrogen-bond acceptors (Lipinski definition) is 1. The lowest BCUT2D eigenvalue weighted by Crippen LogP contribution is -2.08. The lowest BCUT2D eigenvalue weighted by Gasteiger charge is -2.12. The molecule has 1 atom stereocenters. The Bertz CT molecular complexity index is 268. The molecule has 0 amide bonds. The van der Waals surface area contributed by atoms with Crippen LogP contribution in [0.5, 0.6) is 0 Å². The maximum absolute atomic E-state index is 6.17. The van der Waals surface area contributed by atoms with Crippen LogP contribution in [0.25, 0.3) is 0 Å². The van der Waals surface area contributed by atoms with Gasteiger partial charge in [0.25, 0.3) is 0 Å². The highest BCUT2D eigenvalue weighted by Crippen LogP contribution is 2.16. The van der Waals surface area contributed by atoms with Gasteiger partial charge >= 0.3 is 0 Å². The first-order chi connectivity index (χ1) is 6.61. The van der Waals surface area contributed by atoms with Gasteiger partial charge in [0.05, 0.1) is 0 Å². The molecule has 80 valence electrons. The summed E-state index contributed by atoms with van der Waals surface area (Å²) in [7, 11) is 2.03. The Morgan fingerprint density at radius 1 is 1.50 bits per heavy atom. The molecule has 14 heavy (non-hydrogen) atoms. The average molecular weight is 215 g/mol. The van der Waals surface area contributed by atoms with Gasteiger partial charge in [-0.2, -0.15) is 0 Å². The van der Waals surface area contributed by atoms with Crippen LogP contribution in [0.4, 0.5) is 0 Å². The van der Waals surface area contributed by atoms with Crippen molar-refractivity contribution in [3.8, 4) is 0 Å². The van der Waals surface area contributed by atoms with Gasteiger partial charge in [-0.05, 0) is 18.8 Å². The van der Waals surface area contributed by atoms with Crippen molar-refractivity contribution in [2.24, 2.45) is 13.0 Å². The molecule has 0 N–H and O–H groups in total. The molecule has 0 aliphatic heterocycles. The molecule has 0 fully saturated rings. The first-order valence-electron chi connectivity index (χ1n) is 5.21. The fraction of sp³-hybridized carbons (Fsp3) is 0.727. The molecular weight excluding hydrogens is 196 g/mol. The third kappa shape index (κ3) is 3.33. The average Bonchev–Trinajstić information content (AvgIpc) is 2.51. The van der Waals surface area contributed by atoms with E-state index in [-0.39, 0.29) is 0 Å². The standard InChI is InChI=1S/C11H19ClN2/c1-9(2)10(12)5-4-6-11-13-7-8-14(11)3/h7-10H,4-6H2,1-3H3. The van der Waals surface area contributed by atoms with E-state index in [0.717, 1.165) is 25.1 Å². The summed E-state index contributed by atoms with van der Waals surface area (Å²) in [5.74, 6) is 1.72. The fourth-order valence-electron chi connectivity index (χ4n) is 1.43. The van der Waals surface area contributed by atoms with E-state index in [9.17, 15) is 0 Å². The van der Waals surface area contributed by atoms with E-state index >= 15 is 0 Å². The fourth-order valence-corrected chi connectivity index (χ4v) is 1.58. The van der Waals surface area contributed by atoms with Gasteiger partial charge in [-0.3, -0.25) is 0 Å². The second-order valence-electron chi connectivity index (χ2n) is 4.11. The molecule has 3 heteroatoms. The highest BCUT2D eigenvalue weighted by Gasteiger charge is 2.09. The van der Waals surface area contributed by atoms with Gasteiger partial charge in [-0.1, -0.05) is 13.8 Å². The number of rotatable bonds is 5. The Balaban J connectivity index is 2.25. The van der Waals surface area contributed by atoms with Crippen LogP contribution in [0.15, 0.2) is 12.4 Å². The molecule has 0 saturated heterocycles. The summed E-state index contributed by atoms with van der Waals surface area (Å²) in [6, 6.07) is 0. The predicted octanol–water partition coefficient (Wildman–Crippen LogP) is 3.01. The molecule has 0 radical (unpaired) electrons. The van der Waals surface area contributed by atoms with E-state index in [1.165, 1.54) is 0 Å². The van der Waals surface area contributed by atoms with Crippen LogP contribution in [0.2, 0.25) is 0 Å². The molecule has 0 aliphatic carbocycles. The van der Waals surface area contributed by atoms with E-state index in [0.29, 0.717) is 11.3 Å². The van der Waals surface area contributed by atoms with Crippen LogP contribution in [0.3, 0.4) is 0 Å². The zero-order valence-electron chi connectivity index (χ0n) is 9.20. The van der Waals surface area contributed by atoms with Crippen LogP contribution in [0, 0.1) is 5.92 Å². The van der Waals surface area contributed by atoms with Crippen LogP contribution in [-0.2, 0) is 13.5 Å². The van der Waals surface area contributed by atoms with E-state index in [1.54, 1.807) is 0 Å². The molecule has 1 unspecified atom stereocenters. The van der Waals surface area contributed by atoms with Gasteiger partial charge in [0, 0.05) is 31.2 Å². The lowest BCUT2D eigenvalue weighted by molar-refractivity contribution is 0.540. The topological polar surface area (TPSA) is 17.8 Å². The minimum atomic E-state index is 0.301. The van der Waals surface area contributed by atoms with Crippen molar-refractivity contribution in [2.45, 2.75) is 38.5 Å². The molecule has 0 aromatic carbocycles. The Morgan fingerprint density at radius 3 is 2.71 bits per heavy atom. The van der Waals surface area contributed by atoms with Crippen molar-refractivity contribution in [3.63, 3.8) is 0 Å². The van der Waals surface area contributed by atoms with Gasteiger partial charge in [-0.15, -0.1) is 11.6 Å². The number of hydrogen-bond donors (Lipinski definition) is 0. The van der Waals surface area contributed by atoms with Gasteiger partial charge in [0.1, 0.15) is 5.82 Å². The molecular formula is C11H19ClN2. The number of aromatic nitrogens is 2. The molecule has 0 bridgehead atoms. The van der Waals surface area contributed by atoms with Crippen molar-refractivity contribution in [1.82, 2.24) is 9.55 Å². The van der Waals surface area contributed by atoms with Gasteiger partial charge in [0.2, 0.25) is 0 Å². The third-order valence-corrected chi connectivity index (χ3v) is 3.25. The number of halogens is 1. The maximum atomic E-state index is 6.17. The highest BCUT2D eigenvalue weighted by molar-refractivity contribution is 6.20. The van der Waals surface area contributed by atoms with E-state index in [2.05, 4.69) is 23.4 Å². The Morgan fingerprint density at radius 2 is 2.21 bits per heavy atom. The maximum Gasteiger partial charge on any atom is 0.108 e. The molecule has 0 aliphatic rings. The number of nitrogens with zero attached hydrogens (tertiary/aromatic N) is 2. The van der Waals surface area contributed by atoms with Gasteiger partial charge in [0.15, 0.2) is 0 Å². The van der Waals surface area contributed by atoms with E-state index in [1.807, 2.05) is 19.4 Å². The molecule has 1 heterocycles. The normalized spacial score (nSPS) is 13.5. The summed E-state index contributed by atoms with van der Waals surface area (Å²) < 4.78 is 2.07. The van der Waals surface area contributed by atoms with E-state index < -0.39 is 0 Å². The Kier molecular flexibility index (Phi) is 4.46. The summed E-state index contributed by atoms with van der Waals surface area (Å²) >= 11 is 6.17. The largest absolute Gasteiger partial charge is 0.338 e. The number of imidazole rings is 1. The first kappa shape index (κ1) is 11.6. The lowest BCUT2D eigenvalue weighted by atomic mass is 10.0. The van der Waals surface area contributed by atoms with Crippen molar-refractivity contribution in [2.75, 3.05) is 0 Å². The zero-order valence-corrected chi connectivity index (χ0v) is 9.96. The monoisotopic (exact) mass is 214 g/mol. The third-order valence-electron chi connectivity index (χ3n) is 2.52. The minimum absolute atomic E-state index is 0.301. The molecule has 0 saturated carbocycles. The Labute approximate surface area is 91.3 Å². The second-order valence-corrected chi connectivity index (χ2v) is 4.67. The van der Waals surface area contributed by atoms with Crippen molar-refractivity contribution >= 4 is 11.6 Å². The second kappa shape index (κ2) is 5.40. The van der Waals surface area contributed by atoms with Gasteiger partial charge in [-0.25, -0.2) is 4.98 Å². The first-order valence-corrected chi connectivity index (χ1v) is 5.65. The summed E-state index contributed by atoms with van der Waals surface area (Å²) in [4.78, 5) is 4.28. The summed E-state index contributed by atoms with van der Waals surface area (Å²) in [5.41, 5.74) is 0. The van der Waals surface area contributed by atoms with Crippen molar-refractivity contribution in [1.29, 1.82) is 0 Å². The smallest absolute Gasteiger partial charge is 0.108 e. The summed E-state index contributed by atoms with van der Waals surface area (Å²) in [6.07, 6.45) is 7.05. The van der Waals surface area contributed by atoms with Crippen LogP contribution < -0.4 is 0 Å². The predicted molar refractivity (Wildman–Crippen MR) is 60.6 cm³/mol. The van der Waals surface area contributed by atoms with Crippen LogP contribution in [0.1, 0.15) is 32.5 Å². The summed E-state index contributed by atoms with van der Waals surface area (Å²) in [6.45, 7) is 4.33. The van der Waals surface area contributed by atoms with Crippen molar-refractivity contribution < 1.29 is 0 Å². The van der Waals surface area contributed by atoms with Gasteiger partial charge < -0.3 is 4.57 Å². The Hall–Kier alpha value is -0.500. The number of aryl methyl sites for hydroxylation is 2. The molecule has 1 aromatic heterocycles. The SMILES string of the molecule is CC(C)C(Cl)CCCc1nccn1C. The highest BCUT2D eigenvalue weighted by atomic mass is 35.5. The summed E-state index contributed by atoms with van der Waals surface area (Å²) in [5, 5.41) is 0.301. The zero-order chi connectivity index (χ0) is 10.6. The quantitative estimate of drug-likeness (QED) is 0.690. The van der Waals surface area contributed by atoms with E-state index in [4.69, 9.17) is 11.6 Å². The molecule has 1 rings (SSSR count). The van der Waals surface area contributed by atoms with Crippen LogP contribution in [-0.4, -0.2) is 14.9 Å². The molecule has 0 spiro atoms. The molecule has 2 nitrogen and oxygen atoms in total.